The van der Waals surface area contributed by atoms with E-state index in [1.54, 1.807) is 0 Å². The van der Waals surface area contributed by atoms with Crippen molar-refractivity contribution in [2.24, 2.45) is 0 Å². The van der Waals surface area contributed by atoms with Crippen LogP contribution >= 0.6 is 0 Å². The van der Waals surface area contributed by atoms with E-state index in [-0.39, 0.29) is 84.3 Å². The van der Waals surface area contributed by atoms with Crippen molar-refractivity contribution >= 4 is 44.5 Å². The van der Waals surface area contributed by atoms with E-state index in [1.807, 2.05) is 84.9 Å². The molecule has 0 aliphatic heterocycles. The third kappa shape index (κ3) is 34.4. The van der Waals surface area contributed by atoms with Crippen LogP contribution in [0.5, 0.6) is 0 Å². The Morgan fingerprint density at radius 2 is 0.478 bits per heavy atom. The van der Waals surface area contributed by atoms with Gasteiger partial charge in [-0.2, -0.15) is 24.3 Å². The summed E-state index contributed by atoms with van der Waals surface area (Å²) in [5.74, 6) is 0. The van der Waals surface area contributed by atoms with Crippen molar-refractivity contribution in [2.45, 2.75) is 6.42 Å². The molecule has 0 atom stereocenters. The number of rotatable bonds is 4. The van der Waals surface area contributed by atoms with Crippen LogP contribution in [0.25, 0.3) is 44.5 Å². The van der Waals surface area contributed by atoms with Crippen LogP contribution in [0.3, 0.4) is 0 Å². The number of allylic oxidation sites excluding steroid dienone is 8. The van der Waals surface area contributed by atoms with Gasteiger partial charge in [-0.05, 0) is 38.7 Å². The minimum Gasteiger partial charge on any atom is -0.394 e. The first kappa shape index (κ1) is 67.7. The SMILES string of the molecule is C1=CCC=C1.[CH-]=CC=[CH-].[CH-]=CC=[CH-].[CH-]=Cc1[c-]cccc1.[CH-]=Cc1[c-]cccc1.[W+2].[W+2].[W+2].[W+2].c1ccc2ccccc2c1.c1ccc2ccccc2c1.c1ccc2ccccc2c1.c1ccccc1. The van der Waals surface area contributed by atoms with Gasteiger partial charge in [0.2, 0.25) is 0 Å². The van der Waals surface area contributed by atoms with Crippen molar-refractivity contribution in [2.75, 3.05) is 0 Å². The van der Waals surface area contributed by atoms with E-state index in [4.69, 9.17) is 39.5 Å². The topological polar surface area (TPSA) is 0 Å². The molecule has 0 unspecified atom stereocenters. The smallest absolute Gasteiger partial charge is 0.394 e. The summed E-state index contributed by atoms with van der Waals surface area (Å²) in [4.78, 5) is 0. The quantitative estimate of drug-likeness (QED) is 0.122. The molecule has 0 saturated heterocycles. The molecule has 9 aromatic carbocycles. The van der Waals surface area contributed by atoms with Gasteiger partial charge in [-0.15, -0.1) is 12.1 Å². The Labute approximate surface area is 472 Å². The molecule has 0 N–H and O–H groups in total. The third-order valence-corrected chi connectivity index (χ3v) is 8.35. The first-order chi connectivity index (χ1) is 32.1. The van der Waals surface area contributed by atoms with Crippen LogP contribution in [0, 0.1) is 51.6 Å². The van der Waals surface area contributed by atoms with Crippen LogP contribution in [0.1, 0.15) is 17.5 Å². The molecule has 0 bridgehead atoms. The van der Waals surface area contributed by atoms with Gasteiger partial charge < -0.3 is 87.1 Å². The molecule has 0 heterocycles. The molecule has 0 saturated carbocycles. The molecule has 9 aromatic rings. The van der Waals surface area contributed by atoms with Gasteiger partial charge in [0.25, 0.3) is 0 Å². The largest absolute Gasteiger partial charge is 2.00 e. The van der Waals surface area contributed by atoms with Gasteiger partial charge in [0.1, 0.15) is 0 Å². The summed E-state index contributed by atoms with van der Waals surface area (Å²) in [6.07, 6.45) is 17.7. The molecule has 0 radical (unpaired) electrons. The summed E-state index contributed by atoms with van der Waals surface area (Å²) >= 11 is 0. The Bertz CT molecular complexity index is 2220. The van der Waals surface area contributed by atoms with Crippen LogP contribution in [-0.2, 0) is 84.3 Å². The molecule has 69 heavy (non-hydrogen) atoms. The zero-order chi connectivity index (χ0) is 46.7. The second-order valence-electron chi connectivity index (χ2n) is 13.0. The van der Waals surface area contributed by atoms with Crippen molar-refractivity contribution in [3.05, 3.63) is 342 Å². The van der Waals surface area contributed by atoms with E-state index < -0.39 is 0 Å². The van der Waals surface area contributed by atoms with Crippen LogP contribution in [0.4, 0.5) is 0 Å². The summed E-state index contributed by atoms with van der Waals surface area (Å²) in [5.41, 5.74) is 1.88. The zero-order valence-electron chi connectivity index (χ0n) is 38.5. The van der Waals surface area contributed by atoms with Gasteiger partial charge in [0, 0.05) is 0 Å². The molecular formula is C65H56W4. The predicted octanol–water partition coefficient (Wildman–Crippen LogP) is 17.5. The maximum absolute atomic E-state index is 5.19. The minimum absolute atomic E-state index is 0. The standard InChI is InChI=1S/3C10H8.2C8H6.C6H6.C5H6.2C4H4.4W/c3*1-2-6-10-8-4-3-7-9(10)5-1;2*1-2-8-6-4-3-5-7-8;1-2-4-6-5-3-1;1-2-4-5-3-1;2*1-3-4-2;;;;/h3*1-8H;2*1-6H;1-6H;1-4H,5H2;2*1-4H;;;;/q;;;2*-2;;;2*-2;4*+2. The molecule has 4 heteroatoms. The number of fused-ring (bicyclic) bond motifs is 3. The molecule has 0 amide bonds. The van der Waals surface area contributed by atoms with Crippen LogP contribution in [-0.4, -0.2) is 0 Å². The fourth-order valence-corrected chi connectivity index (χ4v) is 5.20. The van der Waals surface area contributed by atoms with Crippen molar-refractivity contribution in [1.82, 2.24) is 0 Å². The molecule has 0 nitrogen and oxygen atoms in total. The second kappa shape index (κ2) is 48.9. The van der Waals surface area contributed by atoms with Crippen LogP contribution in [0.2, 0.25) is 0 Å². The molecular weight excluding hydrogens is 1520 g/mol. The fraction of sp³-hybridized carbons (Fsp3) is 0.0154. The first-order valence-corrected chi connectivity index (χ1v) is 20.9. The Hall–Kier alpha value is -5.57. The van der Waals surface area contributed by atoms with Crippen molar-refractivity contribution in [1.29, 1.82) is 0 Å². The molecule has 0 aromatic heterocycles. The summed E-state index contributed by atoms with van der Waals surface area (Å²) in [6, 6.07) is 83.2. The average molecular weight is 1570 g/mol. The van der Waals surface area contributed by atoms with Crippen molar-refractivity contribution in [3.63, 3.8) is 0 Å². The normalized spacial score (nSPS) is 8.87. The van der Waals surface area contributed by atoms with Gasteiger partial charge in [-0.25, -0.2) is 24.3 Å². The van der Waals surface area contributed by atoms with Gasteiger partial charge in [0.05, 0.1) is 0 Å². The zero-order valence-corrected chi connectivity index (χ0v) is 50.3. The molecule has 0 spiro atoms. The number of hydrogen-bond acceptors (Lipinski definition) is 0. The fourth-order valence-electron chi connectivity index (χ4n) is 5.20. The van der Waals surface area contributed by atoms with Gasteiger partial charge in [-0.3, -0.25) is 0 Å². The Morgan fingerprint density at radius 3 is 0.594 bits per heavy atom. The summed E-state index contributed by atoms with van der Waals surface area (Å²) in [6.45, 7) is 29.3. The Balaban J connectivity index is -0.000000718. The van der Waals surface area contributed by atoms with E-state index >= 15 is 0 Å². The Morgan fingerprint density at radius 1 is 0.275 bits per heavy atom. The summed E-state index contributed by atoms with van der Waals surface area (Å²) in [7, 11) is 0. The Kier molecular flexibility index (Phi) is 48.0. The van der Waals surface area contributed by atoms with Crippen LogP contribution < -0.4 is 0 Å². The summed E-state index contributed by atoms with van der Waals surface area (Å²) in [5, 5.41) is 7.86. The maximum atomic E-state index is 5.19. The second-order valence-corrected chi connectivity index (χ2v) is 13.0. The maximum Gasteiger partial charge on any atom is 2.00 e. The van der Waals surface area contributed by atoms with E-state index in [0.717, 1.165) is 17.5 Å². The van der Waals surface area contributed by atoms with Gasteiger partial charge >= 0.3 is 84.3 Å². The number of hydrogen-bond donors (Lipinski definition) is 0. The van der Waals surface area contributed by atoms with E-state index in [1.165, 1.54) is 68.8 Å². The summed E-state index contributed by atoms with van der Waals surface area (Å²) < 4.78 is 0. The van der Waals surface area contributed by atoms with E-state index in [0.29, 0.717) is 0 Å². The van der Waals surface area contributed by atoms with E-state index in [2.05, 4.69) is 182 Å². The number of benzene rings is 9. The third-order valence-electron chi connectivity index (χ3n) is 8.35. The predicted molar refractivity (Wildman–Crippen MR) is 285 cm³/mol. The van der Waals surface area contributed by atoms with Gasteiger partial charge in [0.15, 0.2) is 0 Å². The average Bonchev–Trinajstić information content (AvgIpc) is 4.02. The van der Waals surface area contributed by atoms with E-state index in [9.17, 15) is 0 Å². The molecule has 0 fully saturated rings. The van der Waals surface area contributed by atoms with Gasteiger partial charge in [-0.1, -0.05) is 206 Å². The van der Waals surface area contributed by atoms with Crippen molar-refractivity contribution in [3.8, 4) is 0 Å². The molecule has 1 aliphatic rings. The minimum atomic E-state index is 0. The monoisotopic (exact) mass is 1570 g/mol. The van der Waals surface area contributed by atoms with Crippen LogP contribution in [0.15, 0.2) is 279 Å². The molecule has 340 valence electrons. The first-order valence-electron chi connectivity index (χ1n) is 20.9. The van der Waals surface area contributed by atoms with Crippen molar-refractivity contribution < 1.29 is 84.3 Å². The molecule has 10 rings (SSSR count). The molecule has 1 aliphatic carbocycles.